The normalized spacial score (nSPS) is 15.7. The number of ketones is 2. The SMILES string of the molecule is CCC[N+](C)(CNOP(=O)(O)O)c1ccc2c(c1)C(=O)c1ccccc1C2=O. The lowest BCUT2D eigenvalue weighted by atomic mass is 9.84. The highest BCUT2D eigenvalue weighted by atomic mass is 31.2. The quantitative estimate of drug-likeness (QED) is 0.239. The van der Waals surface area contributed by atoms with Crippen LogP contribution in [0.25, 0.3) is 0 Å². The summed E-state index contributed by atoms with van der Waals surface area (Å²) < 4.78 is 15.5. The third kappa shape index (κ3) is 3.98. The molecule has 1 aliphatic rings. The van der Waals surface area contributed by atoms with E-state index in [1.165, 1.54) is 0 Å². The Kier molecular flexibility index (Phi) is 5.63. The Morgan fingerprint density at radius 2 is 1.57 bits per heavy atom. The average molecular weight is 405 g/mol. The Bertz CT molecular complexity index is 986. The molecule has 0 amide bonds. The number of nitrogens with zero attached hydrogens (tertiary/aromatic N) is 1. The van der Waals surface area contributed by atoms with E-state index < -0.39 is 7.82 Å². The maximum atomic E-state index is 12.9. The van der Waals surface area contributed by atoms with Crippen LogP contribution in [0.5, 0.6) is 0 Å². The monoisotopic (exact) mass is 405 g/mol. The lowest BCUT2D eigenvalue weighted by molar-refractivity contribution is 0.0911. The van der Waals surface area contributed by atoms with Crippen molar-refractivity contribution in [3.63, 3.8) is 0 Å². The molecule has 0 heterocycles. The minimum absolute atomic E-state index is 0.0659. The molecule has 2 aromatic carbocycles. The van der Waals surface area contributed by atoms with Gasteiger partial charge in [0.25, 0.3) is 0 Å². The van der Waals surface area contributed by atoms with E-state index in [1.807, 2.05) is 14.0 Å². The fourth-order valence-corrected chi connectivity index (χ4v) is 3.70. The Hall–Kier alpha value is -2.19. The van der Waals surface area contributed by atoms with Gasteiger partial charge in [-0.3, -0.25) is 14.1 Å². The number of hydrogen-bond acceptors (Lipinski definition) is 5. The van der Waals surface area contributed by atoms with E-state index in [9.17, 15) is 14.2 Å². The number of phosphoric acid groups is 1. The van der Waals surface area contributed by atoms with Gasteiger partial charge in [0.05, 0.1) is 13.6 Å². The first-order valence-corrected chi connectivity index (χ1v) is 10.3. The summed E-state index contributed by atoms with van der Waals surface area (Å²) in [5, 5.41) is 0. The molecule has 1 aliphatic carbocycles. The van der Waals surface area contributed by atoms with E-state index in [-0.39, 0.29) is 22.7 Å². The van der Waals surface area contributed by atoms with Crippen molar-refractivity contribution in [3.8, 4) is 0 Å². The van der Waals surface area contributed by atoms with Gasteiger partial charge in [-0.15, -0.1) is 5.48 Å². The van der Waals surface area contributed by atoms with E-state index in [2.05, 4.69) is 10.1 Å². The molecule has 0 fully saturated rings. The highest BCUT2D eigenvalue weighted by molar-refractivity contribution is 7.46. The van der Waals surface area contributed by atoms with Crippen molar-refractivity contribution in [2.75, 3.05) is 20.3 Å². The number of benzene rings is 2. The molecule has 0 saturated heterocycles. The summed E-state index contributed by atoms with van der Waals surface area (Å²) in [4.78, 5) is 43.4. The Labute approximate surface area is 162 Å². The lowest BCUT2D eigenvalue weighted by Gasteiger charge is -2.34. The van der Waals surface area contributed by atoms with E-state index in [0.717, 1.165) is 12.1 Å². The van der Waals surface area contributed by atoms with Gasteiger partial charge in [0.1, 0.15) is 5.69 Å². The van der Waals surface area contributed by atoms with Crippen molar-refractivity contribution in [1.82, 2.24) is 9.96 Å². The molecule has 3 rings (SSSR count). The predicted molar refractivity (Wildman–Crippen MR) is 104 cm³/mol. The van der Waals surface area contributed by atoms with Gasteiger partial charge in [-0.2, -0.15) is 4.62 Å². The highest BCUT2D eigenvalue weighted by Gasteiger charge is 2.33. The number of hydrogen-bond donors (Lipinski definition) is 3. The van der Waals surface area contributed by atoms with Crippen molar-refractivity contribution in [2.24, 2.45) is 0 Å². The summed E-state index contributed by atoms with van der Waals surface area (Å²) in [6, 6.07) is 11.8. The van der Waals surface area contributed by atoms with Crippen molar-refractivity contribution >= 4 is 25.1 Å². The number of rotatable bonds is 7. The number of carbonyl (C=O) groups excluding carboxylic acids is 2. The molecule has 8 nitrogen and oxygen atoms in total. The summed E-state index contributed by atoms with van der Waals surface area (Å²) >= 11 is 0. The molecule has 0 aliphatic heterocycles. The Morgan fingerprint density at radius 3 is 2.14 bits per heavy atom. The first kappa shape index (κ1) is 20.5. The molecule has 1 unspecified atom stereocenters. The molecule has 2 aromatic rings. The van der Waals surface area contributed by atoms with Gasteiger partial charge in [0.2, 0.25) is 0 Å². The van der Waals surface area contributed by atoms with Crippen LogP contribution in [-0.2, 0) is 9.19 Å². The van der Waals surface area contributed by atoms with E-state index >= 15 is 0 Å². The third-order valence-corrected chi connectivity index (χ3v) is 5.21. The van der Waals surface area contributed by atoms with Crippen molar-refractivity contribution in [2.45, 2.75) is 13.3 Å². The molecule has 28 heavy (non-hydrogen) atoms. The molecule has 1 atom stereocenters. The third-order valence-electron chi connectivity index (χ3n) is 4.85. The van der Waals surface area contributed by atoms with Crippen LogP contribution in [0.15, 0.2) is 42.5 Å². The zero-order chi connectivity index (χ0) is 20.5. The topological polar surface area (TPSA) is 113 Å². The van der Waals surface area contributed by atoms with E-state index in [0.29, 0.717) is 28.8 Å². The molecule has 0 saturated carbocycles. The molecule has 9 heteroatoms. The molecule has 0 bridgehead atoms. The van der Waals surface area contributed by atoms with Crippen LogP contribution in [0.3, 0.4) is 0 Å². The van der Waals surface area contributed by atoms with E-state index in [4.69, 9.17) is 9.79 Å². The van der Waals surface area contributed by atoms with Crippen LogP contribution in [0.4, 0.5) is 5.69 Å². The van der Waals surface area contributed by atoms with Gasteiger partial charge < -0.3 is 9.79 Å². The summed E-state index contributed by atoms with van der Waals surface area (Å²) in [7, 11) is -2.80. The second-order valence-corrected chi connectivity index (χ2v) is 8.10. The minimum atomic E-state index is -4.66. The van der Waals surface area contributed by atoms with Crippen LogP contribution in [0.1, 0.15) is 45.2 Å². The molecule has 148 valence electrons. The Morgan fingerprint density at radius 1 is 1.00 bits per heavy atom. The second-order valence-electron chi connectivity index (χ2n) is 6.94. The summed E-state index contributed by atoms with van der Waals surface area (Å²) in [5.41, 5.74) is 4.51. The number of nitrogens with one attached hydrogen (secondary N) is 1. The van der Waals surface area contributed by atoms with Crippen molar-refractivity contribution < 1.29 is 28.6 Å². The molecular formula is C19H22N2O6P+. The van der Waals surface area contributed by atoms with Gasteiger partial charge in [-0.25, -0.2) is 4.57 Å². The lowest BCUT2D eigenvalue weighted by Crippen LogP contribution is -2.51. The van der Waals surface area contributed by atoms with E-state index in [1.54, 1.807) is 42.5 Å². The van der Waals surface area contributed by atoms with Crippen LogP contribution in [0.2, 0.25) is 0 Å². The van der Waals surface area contributed by atoms with Gasteiger partial charge in [-0.05, 0) is 18.6 Å². The molecular weight excluding hydrogens is 383 g/mol. The van der Waals surface area contributed by atoms with Crippen molar-refractivity contribution in [3.05, 3.63) is 64.7 Å². The van der Waals surface area contributed by atoms with Crippen LogP contribution in [0, 0.1) is 0 Å². The fourth-order valence-electron chi connectivity index (χ4n) is 3.47. The first-order valence-electron chi connectivity index (χ1n) is 8.81. The zero-order valence-electron chi connectivity index (χ0n) is 15.6. The van der Waals surface area contributed by atoms with Crippen LogP contribution >= 0.6 is 7.82 Å². The number of quaternary nitrogens is 1. The van der Waals surface area contributed by atoms with Gasteiger partial charge in [0.15, 0.2) is 18.2 Å². The largest absolute Gasteiger partial charge is 0.486 e. The molecule has 0 spiro atoms. The highest BCUT2D eigenvalue weighted by Crippen LogP contribution is 2.35. The molecule has 0 radical (unpaired) electrons. The average Bonchev–Trinajstić information content (AvgIpc) is 2.65. The van der Waals surface area contributed by atoms with Gasteiger partial charge in [-0.1, -0.05) is 31.2 Å². The zero-order valence-corrected chi connectivity index (χ0v) is 16.5. The van der Waals surface area contributed by atoms with Crippen LogP contribution in [-0.4, -0.2) is 41.6 Å². The summed E-state index contributed by atoms with van der Waals surface area (Å²) in [6.45, 7) is 2.66. The summed E-state index contributed by atoms with van der Waals surface area (Å²) in [6.07, 6.45) is 0.779. The minimum Gasteiger partial charge on any atom is -0.302 e. The summed E-state index contributed by atoms with van der Waals surface area (Å²) in [5.74, 6) is -0.404. The molecule has 3 N–H and O–H groups in total. The smallest absolute Gasteiger partial charge is 0.302 e. The van der Waals surface area contributed by atoms with Gasteiger partial charge in [0, 0.05) is 28.3 Å². The number of fused-ring (bicyclic) bond motifs is 2. The van der Waals surface area contributed by atoms with Crippen molar-refractivity contribution in [1.29, 1.82) is 0 Å². The van der Waals surface area contributed by atoms with Crippen LogP contribution < -0.4 is 9.96 Å². The Balaban J connectivity index is 1.97. The number of hydroxylamine groups is 1. The van der Waals surface area contributed by atoms with Gasteiger partial charge >= 0.3 is 7.82 Å². The fraction of sp³-hybridized carbons (Fsp3) is 0.263. The maximum absolute atomic E-state index is 12.9. The second kappa shape index (κ2) is 7.67. The number of carbonyl (C=O) groups is 2. The standard InChI is InChI=1S/C19H21N2O6P/c1-3-10-21(2,12-20-27-28(24,25)26)13-8-9-16-17(11-13)19(23)15-7-5-4-6-14(15)18(16)22/h4-9,11,20H,3,10,12H2,1-2H3,(H-,24,25,26)/p+1. The maximum Gasteiger partial charge on any atom is 0.486 e. The first-order chi connectivity index (χ1) is 13.2. The predicted octanol–water partition coefficient (Wildman–Crippen LogP) is 2.38. The molecule has 0 aromatic heterocycles.